The van der Waals surface area contributed by atoms with Gasteiger partial charge in [0.25, 0.3) is 0 Å². The van der Waals surface area contributed by atoms with E-state index in [9.17, 15) is 4.79 Å². The molecular weight excluding hydrogens is 258 g/mol. The van der Waals surface area contributed by atoms with Crippen molar-refractivity contribution in [2.45, 2.75) is 31.9 Å². The third-order valence-electron chi connectivity index (χ3n) is 3.36. The van der Waals surface area contributed by atoms with Crippen LogP contribution < -0.4 is 0 Å². The highest BCUT2D eigenvalue weighted by molar-refractivity contribution is 8.14. The van der Waals surface area contributed by atoms with Crippen LogP contribution in [0.2, 0.25) is 0 Å². The Morgan fingerprint density at radius 1 is 1.32 bits per heavy atom. The number of carbonyl (C=O) groups is 1. The third kappa shape index (κ3) is 3.60. The van der Waals surface area contributed by atoms with Crippen LogP contribution in [0.1, 0.15) is 24.8 Å². The van der Waals surface area contributed by atoms with Gasteiger partial charge in [-0.25, -0.2) is 4.79 Å². The molecule has 1 saturated carbocycles. The number of benzene rings is 1. The number of carbonyl (C=O) groups excluding carboxylic acids is 1. The van der Waals surface area contributed by atoms with Gasteiger partial charge in [0.1, 0.15) is 6.61 Å². The molecule has 0 saturated heterocycles. The molecule has 4 heteroatoms. The minimum atomic E-state index is -0.289. The average molecular weight is 275 g/mol. The quantitative estimate of drug-likeness (QED) is 0.775. The zero-order chi connectivity index (χ0) is 13.1. The van der Waals surface area contributed by atoms with Gasteiger partial charge in [-0.05, 0) is 30.7 Å². The first-order valence-corrected chi connectivity index (χ1v) is 7.70. The molecule has 2 aliphatic rings. The predicted octanol–water partition coefficient (Wildman–Crippen LogP) is 3.04. The highest BCUT2D eigenvalue weighted by atomic mass is 32.2. The molecule has 100 valence electrons. The summed E-state index contributed by atoms with van der Waals surface area (Å²) in [6, 6.07) is 9.47. The van der Waals surface area contributed by atoms with Crippen LogP contribution in [-0.2, 0) is 16.1 Å². The molecule has 19 heavy (non-hydrogen) atoms. The van der Waals surface area contributed by atoms with Crippen molar-refractivity contribution in [1.82, 2.24) is 0 Å². The smallest absolute Gasteiger partial charge is 0.332 e. The summed E-state index contributed by atoms with van der Waals surface area (Å²) in [5, 5.41) is 1.14. The van der Waals surface area contributed by atoms with E-state index in [0.717, 1.165) is 28.7 Å². The fourth-order valence-corrected chi connectivity index (χ4v) is 3.17. The molecule has 1 heterocycles. The van der Waals surface area contributed by atoms with E-state index in [1.165, 1.54) is 12.8 Å². The molecule has 1 aliphatic carbocycles. The SMILES string of the molecule is O=C(OCc1ccccc1)C1CSC(CC2CC2)=N1. The molecule has 3 rings (SSSR count). The Bertz CT molecular complexity index is 482. The van der Waals surface area contributed by atoms with Crippen LogP contribution in [0.3, 0.4) is 0 Å². The number of nitrogens with zero attached hydrogens (tertiary/aromatic N) is 1. The lowest BCUT2D eigenvalue weighted by molar-refractivity contribution is -0.145. The number of esters is 1. The van der Waals surface area contributed by atoms with Gasteiger partial charge in [0, 0.05) is 5.75 Å². The van der Waals surface area contributed by atoms with Gasteiger partial charge in [0.05, 0.1) is 5.04 Å². The van der Waals surface area contributed by atoms with Crippen LogP contribution in [0.4, 0.5) is 0 Å². The van der Waals surface area contributed by atoms with Crippen molar-refractivity contribution >= 4 is 22.8 Å². The Kier molecular flexibility index (Phi) is 3.87. The monoisotopic (exact) mass is 275 g/mol. The molecule has 1 atom stereocenters. The summed E-state index contributed by atoms with van der Waals surface area (Å²) in [4.78, 5) is 16.4. The first kappa shape index (κ1) is 12.7. The summed E-state index contributed by atoms with van der Waals surface area (Å²) in [6.07, 6.45) is 3.71. The maximum absolute atomic E-state index is 11.9. The van der Waals surface area contributed by atoms with Gasteiger partial charge in [-0.1, -0.05) is 30.3 Å². The zero-order valence-electron chi connectivity index (χ0n) is 10.7. The first-order valence-electron chi connectivity index (χ1n) is 6.71. The second kappa shape index (κ2) is 5.78. The van der Waals surface area contributed by atoms with E-state index in [-0.39, 0.29) is 12.0 Å². The highest BCUT2D eigenvalue weighted by Crippen LogP contribution is 2.36. The van der Waals surface area contributed by atoms with E-state index in [2.05, 4.69) is 4.99 Å². The largest absolute Gasteiger partial charge is 0.459 e. The van der Waals surface area contributed by atoms with Crippen molar-refractivity contribution in [3.8, 4) is 0 Å². The van der Waals surface area contributed by atoms with Crippen molar-refractivity contribution in [1.29, 1.82) is 0 Å². The molecule has 0 amide bonds. The number of aliphatic imine (C=N–C) groups is 1. The average Bonchev–Trinajstić information content (AvgIpc) is 3.13. The summed E-state index contributed by atoms with van der Waals surface area (Å²) >= 11 is 1.72. The molecule has 3 nitrogen and oxygen atoms in total. The molecule has 0 bridgehead atoms. The Morgan fingerprint density at radius 2 is 2.11 bits per heavy atom. The summed E-state index contributed by atoms with van der Waals surface area (Å²) in [6.45, 7) is 0.342. The van der Waals surface area contributed by atoms with Crippen LogP contribution in [0.15, 0.2) is 35.3 Å². The Balaban J connectivity index is 1.49. The Morgan fingerprint density at radius 3 is 2.84 bits per heavy atom. The molecule has 1 unspecified atom stereocenters. The van der Waals surface area contributed by atoms with Gasteiger partial charge in [-0.3, -0.25) is 4.99 Å². The van der Waals surface area contributed by atoms with Crippen molar-refractivity contribution < 1.29 is 9.53 Å². The Hall–Kier alpha value is -1.29. The summed E-state index contributed by atoms with van der Waals surface area (Å²) in [7, 11) is 0. The fraction of sp³-hybridized carbons (Fsp3) is 0.467. The Labute approximate surface area is 117 Å². The number of hydrogen-bond donors (Lipinski definition) is 0. The zero-order valence-corrected chi connectivity index (χ0v) is 11.6. The molecule has 0 radical (unpaired) electrons. The summed E-state index contributed by atoms with van der Waals surface area (Å²) in [5.74, 6) is 1.38. The van der Waals surface area contributed by atoms with Crippen molar-refractivity contribution in [2.24, 2.45) is 10.9 Å². The molecule has 0 aromatic heterocycles. The standard InChI is InChI=1S/C15H17NO2S/c17-15(18-9-12-4-2-1-3-5-12)13-10-19-14(16-13)8-11-6-7-11/h1-5,11,13H,6-10H2. The molecule has 0 spiro atoms. The maximum Gasteiger partial charge on any atom is 0.332 e. The molecule has 1 fully saturated rings. The van der Waals surface area contributed by atoms with Crippen LogP contribution in [-0.4, -0.2) is 22.8 Å². The molecule has 1 aromatic carbocycles. The van der Waals surface area contributed by atoms with E-state index in [1.807, 2.05) is 30.3 Å². The van der Waals surface area contributed by atoms with E-state index < -0.39 is 0 Å². The summed E-state index contributed by atoms with van der Waals surface area (Å²) in [5.41, 5.74) is 1.02. The third-order valence-corrected chi connectivity index (χ3v) is 4.45. The molecule has 1 aliphatic heterocycles. The number of ether oxygens (including phenoxy) is 1. The predicted molar refractivity (Wildman–Crippen MR) is 77.3 cm³/mol. The van der Waals surface area contributed by atoms with Crippen LogP contribution in [0.25, 0.3) is 0 Å². The lowest BCUT2D eigenvalue weighted by Crippen LogP contribution is -2.21. The van der Waals surface area contributed by atoms with Crippen molar-refractivity contribution in [3.05, 3.63) is 35.9 Å². The van der Waals surface area contributed by atoms with Crippen LogP contribution in [0, 0.1) is 5.92 Å². The van der Waals surface area contributed by atoms with E-state index >= 15 is 0 Å². The number of hydrogen-bond acceptors (Lipinski definition) is 4. The van der Waals surface area contributed by atoms with Crippen LogP contribution in [0.5, 0.6) is 0 Å². The van der Waals surface area contributed by atoms with E-state index in [4.69, 9.17) is 4.74 Å². The minimum absolute atomic E-state index is 0.192. The normalized spacial score (nSPS) is 22.1. The topological polar surface area (TPSA) is 38.7 Å². The van der Waals surface area contributed by atoms with Gasteiger partial charge >= 0.3 is 5.97 Å². The van der Waals surface area contributed by atoms with Gasteiger partial charge in [0.15, 0.2) is 6.04 Å². The van der Waals surface area contributed by atoms with Gasteiger partial charge in [-0.15, -0.1) is 11.8 Å². The molecular formula is C15H17NO2S. The molecule has 1 aromatic rings. The second-order valence-corrected chi connectivity index (χ2v) is 6.18. The van der Waals surface area contributed by atoms with E-state index in [1.54, 1.807) is 11.8 Å². The van der Waals surface area contributed by atoms with Gasteiger partial charge in [0.2, 0.25) is 0 Å². The van der Waals surface area contributed by atoms with Crippen LogP contribution >= 0.6 is 11.8 Å². The lowest BCUT2D eigenvalue weighted by atomic mass is 10.2. The minimum Gasteiger partial charge on any atom is -0.459 e. The summed E-state index contributed by atoms with van der Waals surface area (Å²) < 4.78 is 5.32. The van der Waals surface area contributed by atoms with Gasteiger partial charge in [-0.2, -0.15) is 0 Å². The first-order chi connectivity index (χ1) is 9.31. The lowest BCUT2D eigenvalue weighted by Gasteiger charge is -2.07. The maximum atomic E-state index is 11.9. The van der Waals surface area contributed by atoms with Gasteiger partial charge < -0.3 is 4.74 Å². The number of rotatable bonds is 5. The second-order valence-electron chi connectivity index (χ2n) is 5.09. The number of thioether (sulfide) groups is 1. The van der Waals surface area contributed by atoms with Crippen molar-refractivity contribution in [2.75, 3.05) is 5.75 Å². The fourth-order valence-electron chi connectivity index (χ4n) is 2.05. The molecule has 0 N–H and O–H groups in total. The van der Waals surface area contributed by atoms with Crippen molar-refractivity contribution in [3.63, 3.8) is 0 Å². The van der Waals surface area contributed by atoms with E-state index in [0.29, 0.717) is 6.61 Å². The highest BCUT2D eigenvalue weighted by Gasteiger charge is 2.30.